The van der Waals surface area contributed by atoms with Gasteiger partial charge >= 0.3 is 6.09 Å². The largest absolute Gasteiger partial charge is 0.490 e. The number of amides is 2. The lowest BCUT2D eigenvalue weighted by Gasteiger charge is -2.38. The lowest BCUT2D eigenvalue weighted by Crippen LogP contribution is -2.47. The van der Waals surface area contributed by atoms with Crippen LogP contribution >= 0.6 is 0 Å². The van der Waals surface area contributed by atoms with Crippen molar-refractivity contribution in [1.29, 1.82) is 5.26 Å². The van der Waals surface area contributed by atoms with Gasteiger partial charge in [0.15, 0.2) is 0 Å². The third kappa shape index (κ3) is 7.07. The number of likely N-dealkylation sites (tertiary alicyclic amines) is 2. The van der Waals surface area contributed by atoms with Crippen molar-refractivity contribution in [2.24, 2.45) is 11.8 Å². The predicted octanol–water partition coefficient (Wildman–Crippen LogP) is 4.80. The molecule has 3 saturated heterocycles. The van der Waals surface area contributed by atoms with E-state index < -0.39 is 0 Å². The molecule has 2 aromatic carbocycles. The molecular formula is C34H43N5O4. The first-order valence-electron chi connectivity index (χ1n) is 15.9. The van der Waals surface area contributed by atoms with Crippen molar-refractivity contribution in [1.82, 2.24) is 14.7 Å². The minimum absolute atomic E-state index is 0.0862. The monoisotopic (exact) mass is 585 g/mol. The molecule has 43 heavy (non-hydrogen) atoms. The van der Waals surface area contributed by atoms with Crippen molar-refractivity contribution in [3.63, 3.8) is 0 Å². The number of rotatable bonds is 7. The maximum Gasteiger partial charge on any atom is 0.410 e. The molecule has 9 nitrogen and oxygen atoms in total. The molecule has 4 fully saturated rings. The average molecular weight is 586 g/mol. The Morgan fingerprint density at radius 2 is 1.63 bits per heavy atom. The molecule has 1 saturated carbocycles. The van der Waals surface area contributed by atoms with E-state index in [0.29, 0.717) is 18.0 Å². The summed E-state index contributed by atoms with van der Waals surface area (Å²) in [4.78, 5) is 32.5. The summed E-state index contributed by atoms with van der Waals surface area (Å²) in [6.07, 6.45) is 7.06. The van der Waals surface area contributed by atoms with Gasteiger partial charge in [0, 0.05) is 76.6 Å². The second-order valence-electron chi connectivity index (χ2n) is 12.9. The van der Waals surface area contributed by atoms with Crippen LogP contribution in [0.1, 0.15) is 62.5 Å². The van der Waals surface area contributed by atoms with Gasteiger partial charge in [-0.15, -0.1) is 0 Å². The standard InChI is InChI=1S/C34H43N5O4/c35-21-25-1-3-26(4-2-25)22-37-19-15-34(16-20-37)24-39(33(41)43-34)23-27-5-7-28(8-6-27)32(40)38-17-13-31(14-18-38)42-30-11-9-29(36)10-12-30/h1-4,9-12,27-28,31H,5-8,13-20,22-24,36H2/t27-,28-. The number of carbonyl (C=O) groups is 2. The first-order chi connectivity index (χ1) is 20.9. The molecule has 4 aliphatic rings. The maximum absolute atomic E-state index is 13.3. The molecule has 2 N–H and O–H groups in total. The molecule has 0 aromatic heterocycles. The smallest absolute Gasteiger partial charge is 0.410 e. The van der Waals surface area contributed by atoms with Gasteiger partial charge in [0.05, 0.1) is 18.2 Å². The van der Waals surface area contributed by atoms with E-state index >= 15 is 0 Å². The van der Waals surface area contributed by atoms with E-state index in [1.165, 1.54) is 5.56 Å². The first-order valence-corrected chi connectivity index (χ1v) is 15.9. The number of anilines is 1. The average Bonchev–Trinajstić information content (AvgIpc) is 3.34. The van der Waals surface area contributed by atoms with Gasteiger partial charge in [-0.3, -0.25) is 9.69 Å². The van der Waals surface area contributed by atoms with Gasteiger partial charge in [0.2, 0.25) is 5.91 Å². The van der Waals surface area contributed by atoms with E-state index in [-0.39, 0.29) is 29.6 Å². The van der Waals surface area contributed by atoms with Crippen molar-refractivity contribution in [2.45, 2.75) is 69.6 Å². The summed E-state index contributed by atoms with van der Waals surface area (Å²) >= 11 is 0. The normalized spacial score (nSPS) is 24.5. The third-order valence-corrected chi connectivity index (χ3v) is 9.91. The minimum atomic E-state index is -0.380. The van der Waals surface area contributed by atoms with Crippen LogP contribution in [0.15, 0.2) is 48.5 Å². The van der Waals surface area contributed by atoms with Gasteiger partial charge in [-0.05, 0) is 73.6 Å². The molecule has 228 valence electrons. The first kappa shape index (κ1) is 29.3. The summed E-state index contributed by atoms with van der Waals surface area (Å²) in [6, 6.07) is 17.4. The number of hydrogen-bond acceptors (Lipinski definition) is 7. The van der Waals surface area contributed by atoms with Gasteiger partial charge in [-0.2, -0.15) is 5.26 Å². The van der Waals surface area contributed by atoms with Crippen LogP contribution in [0.4, 0.5) is 10.5 Å². The fourth-order valence-corrected chi connectivity index (χ4v) is 7.25. The van der Waals surface area contributed by atoms with E-state index in [1.807, 2.05) is 58.3 Å². The summed E-state index contributed by atoms with van der Waals surface area (Å²) < 4.78 is 12.1. The molecule has 2 amide bonds. The summed E-state index contributed by atoms with van der Waals surface area (Å²) in [5.41, 5.74) is 7.98. The lowest BCUT2D eigenvalue weighted by atomic mass is 9.80. The summed E-state index contributed by atoms with van der Waals surface area (Å²) in [6.45, 7) is 5.50. The van der Waals surface area contributed by atoms with E-state index in [2.05, 4.69) is 11.0 Å². The molecule has 0 unspecified atom stereocenters. The fraction of sp³-hybridized carbons (Fsp3) is 0.559. The molecule has 3 heterocycles. The summed E-state index contributed by atoms with van der Waals surface area (Å²) in [7, 11) is 0. The SMILES string of the molecule is N#Cc1ccc(CN2CCC3(CC2)CN(C[C@H]2CC[C@H](C(=O)N4CCC(Oc5ccc(N)cc5)CC4)CC2)C(=O)O3)cc1. The zero-order valence-electron chi connectivity index (χ0n) is 25.0. The molecule has 0 atom stereocenters. The van der Waals surface area contributed by atoms with Crippen LogP contribution < -0.4 is 10.5 Å². The molecule has 1 aliphatic carbocycles. The van der Waals surface area contributed by atoms with Crippen LogP contribution in [0.25, 0.3) is 0 Å². The molecule has 6 rings (SSSR count). The molecule has 3 aliphatic heterocycles. The number of nitriles is 1. The predicted molar refractivity (Wildman–Crippen MR) is 163 cm³/mol. The van der Waals surface area contributed by atoms with Crippen LogP contribution in [0.2, 0.25) is 0 Å². The molecular weight excluding hydrogens is 542 g/mol. The van der Waals surface area contributed by atoms with Gasteiger partial charge in [0.25, 0.3) is 0 Å². The van der Waals surface area contributed by atoms with Gasteiger partial charge < -0.3 is 25.0 Å². The van der Waals surface area contributed by atoms with Gasteiger partial charge in [-0.1, -0.05) is 12.1 Å². The number of nitrogens with zero attached hydrogens (tertiary/aromatic N) is 4. The van der Waals surface area contributed by atoms with E-state index in [9.17, 15) is 9.59 Å². The number of carbonyl (C=O) groups excluding carboxylic acids is 2. The molecule has 0 radical (unpaired) electrons. The Hall–Kier alpha value is -3.77. The quantitative estimate of drug-likeness (QED) is 0.465. The van der Waals surface area contributed by atoms with Crippen molar-refractivity contribution in [2.75, 3.05) is 45.0 Å². The van der Waals surface area contributed by atoms with Crippen LogP contribution in [0.5, 0.6) is 5.75 Å². The van der Waals surface area contributed by atoms with E-state index in [0.717, 1.165) is 102 Å². The Morgan fingerprint density at radius 3 is 2.28 bits per heavy atom. The third-order valence-electron chi connectivity index (χ3n) is 9.91. The highest BCUT2D eigenvalue weighted by atomic mass is 16.6. The van der Waals surface area contributed by atoms with Crippen LogP contribution in [0.3, 0.4) is 0 Å². The molecule has 0 bridgehead atoms. The topological polar surface area (TPSA) is 112 Å². The second-order valence-corrected chi connectivity index (χ2v) is 12.9. The highest BCUT2D eigenvalue weighted by molar-refractivity contribution is 5.79. The maximum atomic E-state index is 13.3. The van der Waals surface area contributed by atoms with Gasteiger partial charge in [0.1, 0.15) is 17.5 Å². The number of benzene rings is 2. The van der Waals surface area contributed by atoms with E-state index in [1.54, 1.807) is 0 Å². The molecule has 1 spiro atoms. The Morgan fingerprint density at radius 1 is 0.953 bits per heavy atom. The van der Waals surface area contributed by atoms with Crippen molar-refractivity contribution in [3.05, 3.63) is 59.7 Å². The number of nitrogen functional groups attached to an aromatic ring is 1. The second kappa shape index (κ2) is 12.8. The summed E-state index contributed by atoms with van der Waals surface area (Å²) in [5, 5.41) is 9.02. The van der Waals surface area contributed by atoms with Crippen molar-refractivity contribution in [3.8, 4) is 11.8 Å². The molecule has 2 aromatic rings. The van der Waals surface area contributed by atoms with E-state index in [4.69, 9.17) is 20.5 Å². The minimum Gasteiger partial charge on any atom is -0.490 e. The zero-order chi connectivity index (χ0) is 29.8. The Labute approximate surface area is 254 Å². The molecule has 9 heteroatoms. The highest BCUT2D eigenvalue weighted by Crippen LogP contribution is 2.37. The fourth-order valence-electron chi connectivity index (χ4n) is 7.25. The lowest BCUT2D eigenvalue weighted by molar-refractivity contribution is -0.138. The van der Waals surface area contributed by atoms with Crippen LogP contribution in [0, 0.1) is 23.2 Å². The van der Waals surface area contributed by atoms with Crippen molar-refractivity contribution >= 4 is 17.7 Å². The highest BCUT2D eigenvalue weighted by Gasteiger charge is 2.47. The number of hydrogen-bond donors (Lipinski definition) is 1. The Kier molecular flexibility index (Phi) is 8.75. The zero-order valence-corrected chi connectivity index (χ0v) is 25.0. The van der Waals surface area contributed by atoms with Crippen LogP contribution in [-0.4, -0.2) is 77.7 Å². The summed E-state index contributed by atoms with van der Waals surface area (Å²) in [5.74, 6) is 1.62. The Bertz CT molecular complexity index is 1300. The van der Waals surface area contributed by atoms with Crippen LogP contribution in [-0.2, 0) is 16.1 Å². The Balaban J connectivity index is 0.907. The number of piperidine rings is 2. The van der Waals surface area contributed by atoms with Crippen molar-refractivity contribution < 1.29 is 19.1 Å². The number of nitrogens with two attached hydrogens (primary N) is 1. The van der Waals surface area contributed by atoms with Gasteiger partial charge in [-0.25, -0.2) is 4.79 Å². The number of ether oxygens (including phenoxy) is 2.